The molecule has 66 heavy (non-hydrogen) atoms. The van der Waals surface area contributed by atoms with Gasteiger partial charge in [-0.15, -0.1) is 0 Å². The Bertz CT molecular complexity index is 2880. The van der Waals surface area contributed by atoms with Crippen LogP contribution in [-0.4, -0.2) is 79.9 Å². The second kappa shape index (κ2) is 19.1. The molecule has 0 saturated heterocycles. The lowest BCUT2D eigenvalue weighted by Crippen LogP contribution is -2.32. The molecule has 0 unspecified atom stereocenters. The smallest absolute Gasteiger partial charge is 0.251 e. The van der Waals surface area contributed by atoms with E-state index in [2.05, 4.69) is 31.5 Å². The van der Waals surface area contributed by atoms with Crippen molar-refractivity contribution in [3.8, 4) is 11.4 Å². The van der Waals surface area contributed by atoms with Crippen LogP contribution in [0.15, 0.2) is 97.3 Å². The Hall–Kier alpha value is -7.88. The molecule has 0 radical (unpaired) electrons. The number of nitrogens with two attached hydrogens (primary N) is 2. The molecule has 0 atom stereocenters. The van der Waals surface area contributed by atoms with Crippen LogP contribution in [0.5, 0.6) is 0 Å². The van der Waals surface area contributed by atoms with Gasteiger partial charge in [-0.05, 0) is 112 Å². The van der Waals surface area contributed by atoms with Gasteiger partial charge in [0, 0.05) is 58.6 Å². The first-order chi connectivity index (χ1) is 31.8. The van der Waals surface area contributed by atoms with Gasteiger partial charge in [0.1, 0.15) is 11.6 Å². The summed E-state index contributed by atoms with van der Waals surface area (Å²) in [7, 11) is 1.53. The van der Waals surface area contributed by atoms with E-state index in [0.717, 1.165) is 62.5 Å². The first-order valence-electron chi connectivity index (χ1n) is 22.1. The Morgan fingerprint density at radius 2 is 0.864 bits per heavy atom. The molecule has 4 aromatic carbocycles. The highest BCUT2D eigenvalue weighted by Crippen LogP contribution is 2.27. The molecule has 6 aromatic rings. The second-order valence-electron chi connectivity index (χ2n) is 17.1. The van der Waals surface area contributed by atoms with E-state index in [1.54, 1.807) is 66.7 Å². The zero-order valence-corrected chi connectivity index (χ0v) is 37.0. The van der Waals surface area contributed by atoms with Crippen LogP contribution >= 0.6 is 0 Å². The number of nitrogen functional groups attached to an aromatic ring is 2. The summed E-state index contributed by atoms with van der Waals surface area (Å²) in [6.07, 6.45) is 11.1. The van der Waals surface area contributed by atoms with Gasteiger partial charge in [-0.2, -0.15) is 10.2 Å². The van der Waals surface area contributed by atoms with Crippen LogP contribution in [0.3, 0.4) is 0 Å². The summed E-state index contributed by atoms with van der Waals surface area (Å²) in [6.45, 7) is 3.78. The van der Waals surface area contributed by atoms with Crippen LogP contribution in [0.2, 0.25) is 0 Å². The molecule has 0 spiro atoms. The molecule has 0 bridgehead atoms. The molecule has 0 aliphatic heterocycles. The third kappa shape index (κ3) is 9.92. The Labute approximate surface area is 381 Å². The Kier molecular flexibility index (Phi) is 12.9. The van der Waals surface area contributed by atoms with E-state index >= 15 is 0 Å². The van der Waals surface area contributed by atoms with Gasteiger partial charge < -0.3 is 32.7 Å². The molecule has 338 valence electrons. The van der Waals surface area contributed by atoms with Crippen molar-refractivity contribution >= 4 is 46.8 Å². The van der Waals surface area contributed by atoms with Crippen molar-refractivity contribution in [1.82, 2.24) is 40.8 Å². The van der Waals surface area contributed by atoms with E-state index in [0.29, 0.717) is 44.8 Å². The van der Waals surface area contributed by atoms with Crippen LogP contribution in [0, 0.1) is 13.8 Å². The van der Waals surface area contributed by atoms with Crippen molar-refractivity contribution in [3.05, 3.63) is 153 Å². The number of hydrogen-bond acceptors (Lipinski definition) is 10. The van der Waals surface area contributed by atoms with Crippen LogP contribution in [0.1, 0.15) is 136 Å². The highest BCUT2D eigenvalue weighted by atomic mass is 16.2. The summed E-state index contributed by atoms with van der Waals surface area (Å²) in [5.41, 5.74) is 18.6. The van der Waals surface area contributed by atoms with Crippen LogP contribution in [0.4, 0.5) is 11.6 Å². The number of carbonyl (C=O) groups is 6. The van der Waals surface area contributed by atoms with Gasteiger partial charge in [-0.1, -0.05) is 49.2 Å². The number of benzene rings is 4. The van der Waals surface area contributed by atoms with Crippen LogP contribution in [0.25, 0.3) is 11.4 Å². The van der Waals surface area contributed by atoms with Gasteiger partial charge in [-0.25, -0.2) is 9.36 Å². The van der Waals surface area contributed by atoms with Crippen LogP contribution in [-0.2, 0) is 0 Å². The van der Waals surface area contributed by atoms with Gasteiger partial charge in [-0.3, -0.25) is 28.8 Å². The maximum absolute atomic E-state index is 13.3. The lowest BCUT2D eigenvalue weighted by atomic mass is 10.0. The number of hydrogen-bond donors (Lipinski definition) is 6. The summed E-state index contributed by atoms with van der Waals surface area (Å²) in [6, 6.07) is 24.4. The number of anilines is 2. The number of ketones is 2. The van der Waals surface area contributed by atoms with E-state index < -0.39 is 0 Å². The summed E-state index contributed by atoms with van der Waals surface area (Å²) >= 11 is 0. The highest BCUT2D eigenvalue weighted by molar-refractivity contribution is 6.13. The minimum absolute atomic E-state index is 0.136. The third-order valence-electron chi connectivity index (χ3n) is 12.0. The second-order valence-corrected chi connectivity index (χ2v) is 17.1. The Morgan fingerprint density at radius 3 is 1.26 bits per heavy atom. The molecule has 16 nitrogen and oxygen atoms in total. The number of rotatable bonds is 13. The number of nitrogens with zero attached hydrogens (tertiary/aromatic N) is 4. The zero-order valence-electron chi connectivity index (χ0n) is 37.0. The van der Waals surface area contributed by atoms with Gasteiger partial charge in [0.2, 0.25) is 0 Å². The fourth-order valence-electron chi connectivity index (χ4n) is 7.80. The monoisotopic (exact) mass is 888 g/mol. The van der Waals surface area contributed by atoms with Gasteiger partial charge in [0.05, 0.1) is 34.9 Å². The summed E-state index contributed by atoms with van der Waals surface area (Å²) in [4.78, 5) is 75.8. The molecular weight excluding hydrogens is 837 g/mol. The lowest BCUT2D eigenvalue weighted by Gasteiger charge is -2.12. The molecule has 16 heteroatoms. The van der Waals surface area contributed by atoms with Gasteiger partial charge in [0.15, 0.2) is 11.6 Å². The number of aromatic nitrogens is 4. The Morgan fingerprint density at radius 1 is 0.500 bits per heavy atom. The minimum Gasteiger partial charge on any atom is -0.383 e. The molecular formula is C50H52N10O6. The van der Waals surface area contributed by atoms with Crippen molar-refractivity contribution in [2.45, 2.75) is 83.3 Å². The van der Waals surface area contributed by atoms with Gasteiger partial charge >= 0.3 is 0 Å². The fraction of sp³-hybridized carbons (Fsp3) is 0.280. The molecule has 8 N–H and O–H groups in total. The summed E-state index contributed by atoms with van der Waals surface area (Å²) in [5, 5.41) is 20.2. The number of amides is 4. The average molecular weight is 889 g/mol. The molecule has 2 heterocycles. The maximum Gasteiger partial charge on any atom is 0.251 e. The van der Waals surface area contributed by atoms with Crippen LogP contribution < -0.4 is 32.7 Å². The number of aryl methyl sites for hydroxylation is 2. The van der Waals surface area contributed by atoms with E-state index in [-0.39, 0.29) is 76.1 Å². The molecule has 3 aliphatic rings. The largest absolute Gasteiger partial charge is 0.383 e. The first kappa shape index (κ1) is 44.7. The molecule has 3 aliphatic carbocycles. The molecule has 3 saturated carbocycles. The first-order valence-corrected chi connectivity index (χ1v) is 22.1. The predicted molar refractivity (Wildman–Crippen MR) is 249 cm³/mol. The average Bonchev–Trinajstić information content (AvgIpc) is 4.19. The Balaban J connectivity index is 0.000000181. The molecule has 4 amide bonds. The highest BCUT2D eigenvalue weighted by Gasteiger charge is 2.27. The van der Waals surface area contributed by atoms with Crippen molar-refractivity contribution in [3.63, 3.8) is 0 Å². The minimum atomic E-state index is -0.338. The molecule has 2 aromatic heterocycles. The van der Waals surface area contributed by atoms with Crippen molar-refractivity contribution in [2.24, 2.45) is 0 Å². The molecule has 9 rings (SSSR count). The standard InChI is InChI=1S/C27H29N5O3.C23H23N5O3/c1-16-9-10-19(27(35)31-21-11-12-21)14-23(16)32-25(28)22(15-29-32)24(33)17-5-4-6-18(13-17)26(34)30-20-7-2-3-8-20;1-13-6-7-16(23(31)27-17-8-9-17)11-19(13)28-21(24)18(12-26-28)20(29)14-4-3-5-15(10-14)22(30)25-2/h4-6,9-10,13-15,20-21H,2-3,7-8,11-12,28H2,1H3,(H,30,34)(H,31,35);3-7,10-12,17H,8-9,24H2,1-2H3,(H,25,30)(H,27,31). The van der Waals surface area contributed by atoms with E-state index in [1.165, 1.54) is 34.9 Å². The normalized spacial score (nSPS) is 14.4. The topological polar surface area (TPSA) is 238 Å². The van der Waals surface area contributed by atoms with Crippen molar-refractivity contribution in [1.29, 1.82) is 0 Å². The van der Waals surface area contributed by atoms with E-state index in [1.807, 2.05) is 26.0 Å². The predicted octanol–water partition coefficient (Wildman–Crippen LogP) is 5.80. The van der Waals surface area contributed by atoms with E-state index in [9.17, 15) is 28.8 Å². The lowest BCUT2D eigenvalue weighted by molar-refractivity contribution is 0.0932. The van der Waals surface area contributed by atoms with Crippen molar-refractivity contribution < 1.29 is 28.8 Å². The number of carbonyl (C=O) groups excluding carboxylic acids is 6. The molecule has 3 fully saturated rings. The van der Waals surface area contributed by atoms with Gasteiger partial charge in [0.25, 0.3) is 23.6 Å². The van der Waals surface area contributed by atoms with Crippen molar-refractivity contribution in [2.75, 3.05) is 18.5 Å². The SMILES string of the molecule is CNC(=O)c1cccc(C(=O)c2cnn(-c3cc(C(=O)NC4CC4)ccc3C)c2N)c1.Cc1ccc(C(=O)NC2CC2)cc1-n1ncc(C(=O)c2cccc(C(=O)NC3CCCC3)c2)c1N. The zero-order chi connectivity index (χ0) is 46.6. The summed E-state index contributed by atoms with van der Waals surface area (Å²) < 4.78 is 2.94. The van der Waals surface area contributed by atoms with E-state index in [4.69, 9.17) is 11.5 Å². The maximum atomic E-state index is 13.3. The quantitative estimate of drug-likeness (QED) is 0.0762. The third-order valence-corrected chi connectivity index (χ3v) is 12.0. The number of nitrogens with one attached hydrogen (secondary N) is 4. The summed E-state index contributed by atoms with van der Waals surface area (Å²) in [5.74, 6) is -1.04. The fourth-order valence-corrected chi connectivity index (χ4v) is 7.80.